The number of aryl methyl sites for hydroxylation is 1. The van der Waals surface area contributed by atoms with Gasteiger partial charge in [-0.15, -0.1) is 0 Å². The number of nitrogens with two attached hydrogens (primary N) is 1. The summed E-state index contributed by atoms with van der Waals surface area (Å²) in [6.45, 7) is 4.01. The fourth-order valence-electron chi connectivity index (χ4n) is 2.03. The molecular weight excluding hydrogens is 260 g/mol. The van der Waals surface area contributed by atoms with Crippen LogP contribution in [0.4, 0.5) is 5.69 Å². The van der Waals surface area contributed by atoms with Crippen molar-refractivity contribution < 1.29 is 4.79 Å². The van der Waals surface area contributed by atoms with E-state index in [-0.39, 0.29) is 11.9 Å². The molecule has 108 valence electrons. The van der Waals surface area contributed by atoms with Gasteiger partial charge in [-0.25, -0.2) is 0 Å². The molecule has 0 bridgehead atoms. The number of rotatable bonds is 4. The Morgan fingerprint density at radius 3 is 2.57 bits per heavy atom. The lowest BCUT2D eigenvalue weighted by atomic mass is 10.1. The first kappa shape index (κ1) is 14.9. The fraction of sp³-hybridized carbons (Fsp3) is 0.167. The lowest BCUT2D eigenvalue weighted by Gasteiger charge is -2.13. The predicted molar refractivity (Wildman–Crippen MR) is 87.6 cm³/mol. The van der Waals surface area contributed by atoms with Gasteiger partial charge in [-0.1, -0.05) is 42.0 Å². The highest BCUT2D eigenvalue weighted by atomic mass is 16.1. The number of amides is 1. The van der Waals surface area contributed by atoms with Gasteiger partial charge < -0.3 is 11.1 Å². The normalized spacial score (nSPS) is 12.3. The van der Waals surface area contributed by atoms with E-state index in [4.69, 9.17) is 5.73 Å². The van der Waals surface area contributed by atoms with Crippen LogP contribution in [0.25, 0.3) is 6.08 Å². The van der Waals surface area contributed by atoms with Gasteiger partial charge in [0.15, 0.2) is 0 Å². The molecule has 0 aromatic heterocycles. The fourth-order valence-corrected chi connectivity index (χ4v) is 2.03. The van der Waals surface area contributed by atoms with Gasteiger partial charge in [0.1, 0.15) is 0 Å². The quantitative estimate of drug-likeness (QED) is 0.665. The molecule has 2 aromatic carbocycles. The van der Waals surface area contributed by atoms with Crippen LogP contribution in [-0.4, -0.2) is 5.91 Å². The SMILES string of the molecule is Cc1ccc(C(C)NC(=O)/C=C/c2cccc(N)c2)cc1. The Labute approximate surface area is 125 Å². The third-order valence-electron chi connectivity index (χ3n) is 3.27. The van der Waals surface area contributed by atoms with E-state index in [1.165, 1.54) is 11.6 Å². The van der Waals surface area contributed by atoms with Crippen molar-refractivity contribution in [1.29, 1.82) is 0 Å². The average Bonchev–Trinajstić information content (AvgIpc) is 2.46. The van der Waals surface area contributed by atoms with Gasteiger partial charge in [0.2, 0.25) is 5.91 Å². The number of nitrogen functional groups attached to an aromatic ring is 1. The number of hydrogen-bond acceptors (Lipinski definition) is 2. The minimum absolute atomic E-state index is 0.0245. The van der Waals surface area contributed by atoms with Crippen LogP contribution in [-0.2, 0) is 4.79 Å². The molecular formula is C18H20N2O. The number of carbonyl (C=O) groups excluding carboxylic acids is 1. The highest BCUT2D eigenvalue weighted by molar-refractivity contribution is 5.92. The first-order chi connectivity index (χ1) is 10.0. The van der Waals surface area contributed by atoms with Gasteiger partial charge in [-0.3, -0.25) is 4.79 Å². The van der Waals surface area contributed by atoms with Crippen molar-refractivity contribution in [1.82, 2.24) is 5.32 Å². The molecule has 0 aliphatic rings. The second-order valence-corrected chi connectivity index (χ2v) is 5.14. The molecule has 0 aliphatic heterocycles. The highest BCUT2D eigenvalue weighted by Crippen LogP contribution is 2.13. The van der Waals surface area contributed by atoms with E-state index in [1.807, 2.05) is 62.4 Å². The minimum Gasteiger partial charge on any atom is -0.399 e. The summed E-state index contributed by atoms with van der Waals surface area (Å²) in [4.78, 5) is 11.9. The largest absolute Gasteiger partial charge is 0.399 e. The van der Waals surface area contributed by atoms with E-state index in [9.17, 15) is 4.79 Å². The summed E-state index contributed by atoms with van der Waals surface area (Å²) in [6.07, 6.45) is 3.28. The smallest absolute Gasteiger partial charge is 0.244 e. The molecule has 1 amide bonds. The lowest BCUT2D eigenvalue weighted by molar-refractivity contribution is -0.117. The van der Waals surface area contributed by atoms with Gasteiger partial charge in [-0.05, 0) is 43.2 Å². The molecule has 21 heavy (non-hydrogen) atoms. The second kappa shape index (κ2) is 6.75. The van der Waals surface area contributed by atoms with E-state index in [2.05, 4.69) is 5.32 Å². The van der Waals surface area contributed by atoms with Crippen LogP contribution < -0.4 is 11.1 Å². The van der Waals surface area contributed by atoms with Crippen molar-refractivity contribution in [2.45, 2.75) is 19.9 Å². The van der Waals surface area contributed by atoms with Crippen LogP contribution in [0.2, 0.25) is 0 Å². The Morgan fingerprint density at radius 2 is 1.90 bits per heavy atom. The zero-order valence-electron chi connectivity index (χ0n) is 12.3. The molecule has 0 aliphatic carbocycles. The summed E-state index contributed by atoms with van der Waals surface area (Å²) in [5.74, 6) is -0.120. The Bertz CT molecular complexity index is 645. The van der Waals surface area contributed by atoms with Crippen molar-refractivity contribution in [2.24, 2.45) is 0 Å². The third-order valence-corrected chi connectivity index (χ3v) is 3.27. The van der Waals surface area contributed by atoms with Gasteiger partial charge in [0, 0.05) is 11.8 Å². The highest BCUT2D eigenvalue weighted by Gasteiger charge is 2.06. The molecule has 0 saturated carbocycles. The molecule has 0 radical (unpaired) electrons. The number of carbonyl (C=O) groups is 1. The first-order valence-electron chi connectivity index (χ1n) is 6.95. The van der Waals surface area contributed by atoms with Crippen molar-refractivity contribution in [3.8, 4) is 0 Å². The molecule has 0 spiro atoms. The zero-order chi connectivity index (χ0) is 15.2. The minimum atomic E-state index is -0.120. The molecule has 1 atom stereocenters. The first-order valence-corrected chi connectivity index (χ1v) is 6.95. The molecule has 3 heteroatoms. The van der Waals surface area contributed by atoms with Crippen molar-refractivity contribution in [3.05, 3.63) is 71.3 Å². The summed E-state index contributed by atoms with van der Waals surface area (Å²) in [7, 11) is 0. The number of anilines is 1. The van der Waals surface area contributed by atoms with E-state index in [0.717, 1.165) is 11.1 Å². The van der Waals surface area contributed by atoms with E-state index < -0.39 is 0 Å². The lowest BCUT2D eigenvalue weighted by Crippen LogP contribution is -2.24. The van der Waals surface area contributed by atoms with Crippen LogP contribution in [0.3, 0.4) is 0 Å². The molecule has 1 unspecified atom stereocenters. The predicted octanol–water partition coefficient (Wildman–Crippen LogP) is 3.47. The van der Waals surface area contributed by atoms with Crippen molar-refractivity contribution >= 4 is 17.7 Å². The molecule has 0 saturated heterocycles. The third kappa shape index (κ3) is 4.49. The van der Waals surface area contributed by atoms with Crippen molar-refractivity contribution in [3.63, 3.8) is 0 Å². The molecule has 3 nitrogen and oxygen atoms in total. The van der Waals surface area contributed by atoms with Crippen LogP contribution in [0.1, 0.15) is 29.7 Å². The summed E-state index contributed by atoms with van der Waals surface area (Å²) >= 11 is 0. The van der Waals surface area contributed by atoms with Gasteiger partial charge in [-0.2, -0.15) is 0 Å². The number of nitrogens with one attached hydrogen (secondary N) is 1. The Hall–Kier alpha value is -2.55. The van der Waals surface area contributed by atoms with Crippen molar-refractivity contribution in [2.75, 3.05) is 5.73 Å². The maximum absolute atomic E-state index is 11.9. The van der Waals surface area contributed by atoms with E-state index >= 15 is 0 Å². The van der Waals surface area contributed by atoms with Crippen LogP contribution in [0, 0.1) is 6.92 Å². The molecule has 3 N–H and O–H groups in total. The second-order valence-electron chi connectivity index (χ2n) is 5.14. The zero-order valence-corrected chi connectivity index (χ0v) is 12.3. The summed E-state index contributed by atoms with van der Waals surface area (Å²) in [6, 6.07) is 15.5. The summed E-state index contributed by atoms with van der Waals surface area (Å²) < 4.78 is 0. The molecule has 0 fully saturated rings. The van der Waals surface area contributed by atoms with Gasteiger partial charge in [0.25, 0.3) is 0 Å². The number of benzene rings is 2. The van der Waals surface area contributed by atoms with Gasteiger partial charge in [0.05, 0.1) is 6.04 Å². The van der Waals surface area contributed by atoms with Crippen LogP contribution in [0.5, 0.6) is 0 Å². The Balaban J connectivity index is 1.96. The Kier molecular flexibility index (Phi) is 4.77. The summed E-state index contributed by atoms with van der Waals surface area (Å²) in [5, 5.41) is 2.94. The molecule has 0 heterocycles. The molecule has 2 aromatic rings. The topological polar surface area (TPSA) is 55.1 Å². The maximum atomic E-state index is 11.9. The van der Waals surface area contributed by atoms with Gasteiger partial charge >= 0.3 is 0 Å². The average molecular weight is 280 g/mol. The van der Waals surface area contributed by atoms with Crippen LogP contribution >= 0.6 is 0 Å². The monoisotopic (exact) mass is 280 g/mol. The maximum Gasteiger partial charge on any atom is 0.244 e. The summed E-state index contributed by atoms with van der Waals surface area (Å²) in [5.41, 5.74) is 9.59. The van der Waals surface area contributed by atoms with E-state index in [0.29, 0.717) is 5.69 Å². The van der Waals surface area contributed by atoms with E-state index in [1.54, 1.807) is 6.08 Å². The Morgan fingerprint density at radius 1 is 1.19 bits per heavy atom. The molecule has 2 rings (SSSR count). The standard InChI is InChI=1S/C18H20N2O/c1-13-6-9-16(10-7-13)14(2)20-18(21)11-8-15-4-3-5-17(19)12-15/h3-12,14H,19H2,1-2H3,(H,20,21)/b11-8+. The van der Waals surface area contributed by atoms with Crippen LogP contribution in [0.15, 0.2) is 54.6 Å². The number of hydrogen-bond donors (Lipinski definition) is 2.